The molecule has 0 amide bonds. The molecule has 6 aliphatic carbocycles. The Labute approximate surface area is 319 Å². The van der Waals surface area contributed by atoms with Gasteiger partial charge >= 0.3 is 11.9 Å². The number of rotatable bonds is 9. The molecule has 0 aromatic rings. The van der Waals surface area contributed by atoms with E-state index in [0.29, 0.717) is 49.2 Å². The molecule has 7 rings (SSSR count). The molecule has 0 radical (unpaired) electrons. The van der Waals surface area contributed by atoms with Gasteiger partial charge < -0.3 is 15.2 Å². The zero-order valence-electron chi connectivity index (χ0n) is 33.9. The van der Waals surface area contributed by atoms with Crippen molar-refractivity contribution in [3.63, 3.8) is 0 Å². The van der Waals surface area contributed by atoms with Crippen LogP contribution in [0.1, 0.15) is 120 Å². The van der Waals surface area contributed by atoms with E-state index in [1.165, 1.54) is 18.4 Å². The smallest absolute Gasteiger partial charge is 0.310 e. The Morgan fingerprint density at radius 3 is 2.15 bits per heavy atom. The quantitative estimate of drug-likeness (QED) is 0.186. The largest absolute Gasteiger partial charge is 0.481 e. The molecular weight excluding hydrogens is 692 g/mol. The third kappa shape index (κ3) is 5.93. The van der Waals surface area contributed by atoms with Crippen LogP contribution in [-0.4, -0.2) is 85.9 Å². The number of carboxylic acid groups (broad SMARTS) is 1. The summed E-state index contributed by atoms with van der Waals surface area (Å²) in [6, 6.07) is -0.312. The van der Waals surface area contributed by atoms with E-state index in [-0.39, 0.29) is 56.8 Å². The van der Waals surface area contributed by atoms with E-state index in [1.807, 2.05) is 13.8 Å². The van der Waals surface area contributed by atoms with E-state index in [9.17, 15) is 27.5 Å². The van der Waals surface area contributed by atoms with Gasteiger partial charge in [0.05, 0.1) is 29.4 Å². The number of aliphatic carboxylic acids is 1. The third-order valence-electron chi connectivity index (χ3n) is 18.4. The minimum atomic E-state index is -3.03. The summed E-state index contributed by atoms with van der Waals surface area (Å²) in [6.07, 6.45) is 10.6. The van der Waals surface area contributed by atoms with Gasteiger partial charge in [0, 0.05) is 30.6 Å². The number of carbonyl (C=O) groups is 2. The number of hydrogen-bond donors (Lipinski definition) is 2. The Hall–Kier alpha value is -1.52. The van der Waals surface area contributed by atoms with Crippen molar-refractivity contribution in [1.82, 2.24) is 10.2 Å². The fourth-order valence-corrected chi connectivity index (χ4v) is 16.3. The number of nitrogens with one attached hydrogen (secondary N) is 1. The van der Waals surface area contributed by atoms with Gasteiger partial charge in [-0.25, -0.2) is 12.8 Å². The maximum absolute atomic E-state index is 14.6. The lowest BCUT2D eigenvalue weighted by Crippen LogP contribution is -2.69. The second-order valence-corrected chi connectivity index (χ2v) is 23.4. The lowest BCUT2D eigenvalue weighted by atomic mass is 9.32. The highest BCUT2D eigenvalue weighted by molar-refractivity contribution is 7.91. The highest BCUT2D eigenvalue weighted by atomic mass is 32.2. The van der Waals surface area contributed by atoms with Crippen molar-refractivity contribution in [2.24, 2.45) is 68.5 Å². The number of alkyl halides is 1. The fraction of sp³-hybridized carbons (Fsp3) is 0.907. The maximum Gasteiger partial charge on any atom is 0.310 e. The number of halogens is 1. The minimum absolute atomic E-state index is 0.0624. The third-order valence-corrected chi connectivity index (χ3v) is 20.0. The lowest BCUT2D eigenvalue weighted by molar-refractivity contribution is -0.246. The average Bonchev–Trinajstić information content (AvgIpc) is 3.46. The molecule has 2 N–H and O–H groups in total. The standard InChI is InChI=1S/C43H69FN2O6S/c1-26(2)28-12-17-43(45-25-27(24-44)46-20-22-53(50,51)23-21-46)19-18-41(8)29(33(28)43)10-11-31-40(7)15-14-32(38(3,4)30(40)13-16-42(31,41)9)52-37(49)35-34(36(47)48)39(35,5)6/h27-35,45H,1,10-25H2,2-9H3,(H,47,48)/t27?,28-,29+,30-,31+,32-,33+,34-,35+,40-,41+,42+,43-/m0/s1. The van der Waals surface area contributed by atoms with E-state index < -0.39 is 39.7 Å². The predicted octanol–water partition coefficient (Wildman–Crippen LogP) is 7.32. The fourth-order valence-electron chi connectivity index (χ4n) is 15.1. The molecule has 10 heteroatoms. The first kappa shape index (κ1) is 39.7. The molecule has 1 unspecified atom stereocenters. The van der Waals surface area contributed by atoms with Crippen LogP contribution in [0, 0.1) is 68.5 Å². The Bertz CT molecular complexity index is 1600. The van der Waals surface area contributed by atoms with E-state index >= 15 is 0 Å². The average molecular weight is 761 g/mol. The molecule has 7 fully saturated rings. The molecule has 0 aromatic carbocycles. The summed E-state index contributed by atoms with van der Waals surface area (Å²) in [6.45, 7) is 23.8. The summed E-state index contributed by atoms with van der Waals surface area (Å²) in [5, 5.41) is 13.8. The maximum atomic E-state index is 14.6. The SMILES string of the molecule is C=C(C)[C@@H]1CC[C@]2(NCC(CF)N3CCS(=O)(=O)CC3)CC[C@]3(C)[C@H](CC[C@@H]4[C@@]5(C)CC[C@H](OC(=O)[C@H]6[C@@H](C(=O)O)C6(C)C)C(C)(C)[C@@H]5CC[C@]43C)[C@@H]12. The molecule has 0 spiro atoms. The second-order valence-electron chi connectivity index (χ2n) is 21.1. The summed E-state index contributed by atoms with van der Waals surface area (Å²) in [7, 11) is -3.03. The van der Waals surface area contributed by atoms with Gasteiger partial charge in [0.15, 0.2) is 9.84 Å². The topological polar surface area (TPSA) is 113 Å². The van der Waals surface area contributed by atoms with Crippen LogP contribution in [0.25, 0.3) is 0 Å². The Kier molecular flexibility index (Phi) is 9.74. The second kappa shape index (κ2) is 13.0. The highest BCUT2D eigenvalue weighted by Gasteiger charge is 2.72. The van der Waals surface area contributed by atoms with E-state index in [1.54, 1.807) is 0 Å². The van der Waals surface area contributed by atoms with Crippen molar-refractivity contribution in [2.45, 2.75) is 137 Å². The van der Waals surface area contributed by atoms with Gasteiger partial charge in [-0.15, -0.1) is 0 Å². The van der Waals surface area contributed by atoms with Crippen molar-refractivity contribution >= 4 is 21.8 Å². The first-order valence-corrected chi connectivity index (χ1v) is 22.8. The Morgan fingerprint density at radius 1 is 0.868 bits per heavy atom. The van der Waals surface area contributed by atoms with Crippen LogP contribution < -0.4 is 5.32 Å². The van der Waals surface area contributed by atoms with Crippen LogP contribution in [0.2, 0.25) is 0 Å². The highest BCUT2D eigenvalue weighted by Crippen LogP contribution is 2.76. The number of esters is 1. The van der Waals surface area contributed by atoms with Gasteiger partial charge in [-0.05, 0) is 122 Å². The van der Waals surface area contributed by atoms with Crippen molar-refractivity contribution in [3.8, 4) is 0 Å². The molecule has 0 bridgehead atoms. The van der Waals surface area contributed by atoms with Gasteiger partial charge in [-0.1, -0.05) is 60.6 Å². The van der Waals surface area contributed by atoms with Crippen molar-refractivity contribution < 1.29 is 32.2 Å². The first-order chi connectivity index (χ1) is 24.6. The van der Waals surface area contributed by atoms with Crippen LogP contribution in [0.4, 0.5) is 4.39 Å². The molecule has 300 valence electrons. The van der Waals surface area contributed by atoms with Gasteiger partial charge in [-0.3, -0.25) is 14.5 Å². The van der Waals surface area contributed by atoms with E-state index in [4.69, 9.17) is 4.74 Å². The van der Waals surface area contributed by atoms with Crippen LogP contribution >= 0.6 is 0 Å². The first-order valence-electron chi connectivity index (χ1n) is 20.9. The number of fused-ring (bicyclic) bond motifs is 7. The molecule has 1 aliphatic heterocycles. The number of carboxylic acids is 1. The predicted molar refractivity (Wildman–Crippen MR) is 206 cm³/mol. The number of allylic oxidation sites excluding steroid dienone is 1. The zero-order valence-corrected chi connectivity index (χ0v) is 34.8. The number of nitrogens with zero attached hydrogens (tertiary/aromatic N) is 1. The lowest BCUT2D eigenvalue weighted by Gasteiger charge is -2.73. The van der Waals surface area contributed by atoms with E-state index in [2.05, 4.69) is 58.3 Å². The van der Waals surface area contributed by atoms with Crippen LogP contribution in [0.5, 0.6) is 0 Å². The summed E-state index contributed by atoms with van der Waals surface area (Å²) in [5.74, 6) is 0.113. The zero-order chi connectivity index (χ0) is 38.7. The van der Waals surface area contributed by atoms with Crippen molar-refractivity contribution in [1.29, 1.82) is 0 Å². The van der Waals surface area contributed by atoms with Crippen molar-refractivity contribution in [3.05, 3.63) is 12.2 Å². The minimum Gasteiger partial charge on any atom is -0.481 e. The number of hydrogen-bond acceptors (Lipinski definition) is 7. The molecule has 53 heavy (non-hydrogen) atoms. The summed E-state index contributed by atoms with van der Waals surface area (Å²) in [4.78, 5) is 27.4. The molecule has 8 nitrogen and oxygen atoms in total. The van der Waals surface area contributed by atoms with Gasteiger partial charge in [0.2, 0.25) is 0 Å². The van der Waals surface area contributed by atoms with Gasteiger partial charge in [-0.2, -0.15) is 0 Å². The number of sulfone groups is 1. The van der Waals surface area contributed by atoms with Gasteiger partial charge in [0.1, 0.15) is 12.8 Å². The van der Waals surface area contributed by atoms with Crippen LogP contribution in [-0.2, 0) is 24.2 Å². The molecular formula is C43H69FN2O6S. The van der Waals surface area contributed by atoms with Crippen molar-refractivity contribution in [2.75, 3.05) is 37.8 Å². The monoisotopic (exact) mass is 760 g/mol. The summed E-state index contributed by atoms with van der Waals surface area (Å²) in [5.41, 5.74) is 0.842. The molecule has 7 aliphatic rings. The van der Waals surface area contributed by atoms with Gasteiger partial charge in [0.25, 0.3) is 0 Å². The summed E-state index contributed by atoms with van der Waals surface area (Å²) < 4.78 is 45.2. The summed E-state index contributed by atoms with van der Waals surface area (Å²) >= 11 is 0. The molecule has 13 atom stereocenters. The Balaban J connectivity index is 1.11. The number of carbonyl (C=O) groups excluding carboxylic acids is 1. The number of ether oxygens (including phenoxy) is 1. The van der Waals surface area contributed by atoms with Crippen LogP contribution in [0.15, 0.2) is 12.2 Å². The molecule has 1 heterocycles. The molecule has 1 saturated heterocycles. The molecule has 6 saturated carbocycles. The normalized spacial score (nSPS) is 47.2. The Morgan fingerprint density at radius 2 is 1.55 bits per heavy atom. The molecule has 0 aromatic heterocycles. The van der Waals surface area contributed by atoms with E-state index in [0.717, 1.165) is 51.4 Å². The van der Waals surface area contributed by atoms with Crippen LogP contribution in [0.3, 0.4) is 0 Å².